The number of oxazole rings is 1. The van der Waals surface area contributed by atoms with E-state index in [0.29, 0.717) is 34.6 Å². The van der Waals surface area contributed by atoms with Crippen molar-refractivity contribution in [1.82, 2.24) is 10.3 Å². The fraction of sp³-hybridized carbons (Fsp3) is 0.233. The summed E-state index contributed by atoms with van der Waals surface area (Å²) in [7, 11) is 0. The first kappa shape index (κ1) is 24.8. The van der Waals surface area contributed by atoms with Crippen LogP contribution in [0, 0.1) is 5.92 Å². The Balaban J connectivity index is 1.53. The maximum atomic E-state index is 14.1. The van der Waals surface area contributed by atoms with Crippen molar-refractivity contribution in [3.8, 4) is 0 Å². The van der Waals surface area contributed by atoms with Crippen LogP contribution in [-0.4, -0.2) is 16.7 Å². The van der Waals surface area contributed by atoms with Crippen molar-refractivity contribution in [2.24, 2.45) is 10.9 Å². The Morgan fingerprint density at radius 1 is 1.03 bits per heavy atom. The van der Waals surface area contributed by atoms with Crippen molar-refractivity contribution in [1.29, 1.82) is 0 Å². The van der Waals surface area contributed by atoms with E-state index in [1.165, 1.54) is 0 Å². The fourth-order valence-electron chi connectivity index (χ4n) is 4.69. The summed E-state index contributed by atoms with van der Waals surface area (Å²) in [5, 5.41) is 7.06. The molecule has 37 heavy (non-hydrogen) atoms. The smallest absolute Gasteiger partial charge is 0.302 e. The molecule has 0 spiro atoms. The van der Waals surface area contributed by atoms with Crippen molar-refractivity contribution in [2.75, 3.05) is 5.32 Å². The zero-order chi connectivity index (χ0) is 25.9. The van der Waals surface area contributed by atoms with Gasteiger partial charge in [0, 0.05) is 22.2 Å². The molecule has 4 aromatic rings. The summed E-state index contributed by atoms with van der Waals surface area (Å²) >= 11 is 6.64. The molecule has 3 unspecified atom stereocenters. The second-order valence-electron chi connectivity index (χ2n) is 9.24. The molecular formula is C30H29ClN4O2. The zero-order valence-electron chi connectivity index (χ0n) is 21.0. The van der Waals surface area contributed by atoms with Gasteiger partial charge in [-0.2, -0.15) is 4.98 Å². The maximum Gasteiger partial charge on any atom is 0.302 e. The summed E-state index contributed by atoms with van der Waals surface area (Å²) in [5.74, 6) is 0.283. The number of carbonyl (C=O) groups excluding carboxylic acids is 1. The number of aliphatic imine (C=N–C) groups is 1. The second-order valence-corrected chi connectivity index (χ2v) is 9.64. The molecule has 0 bridgehead atoms. The number of hydrogen-bond acceptors (Lipinski definition) is 6. The number of Topliss-reactive ketones (excluding diaryl/α,β-unsaturated/α-hetero) is 1. The first-order valence-corrected chi connectivity index (χ1v) is 12.9. The molecule has 3 atom stereocenters. The lowest BCUT2D eigenvalue weighted by molar-refractivity contribution is -0.119. The molecule has 6 nitrogen and oxygen atoms in total. The molecular weight excluding hydrogens is 484 g/mol. The molecule has 0 saturated carbocycles. The average Bonchev–Trinajstić information content (AvgIpc) is 3.34. The highest BCUT2D eigenvalue weighted by Crippen LogP contribution is 2.39. The van der Waals surface area contributed by atoms with E-state index < -0.39 is 6.04 Å². The van der Waals surface area contributed by atoms with Crippen LogP contribution < -0.4 is 10.6 Å². The molecule has 7 heteroatoms. The second kappa shape index (κ2) is 10.6. The third-order valence-electron chi connectivity index (χ3n) is 6.95. The minimum absolute atomic E-state index is 0.0365. The first-order chi connectivity index (χ1) is 18.0. The molecule has 1 aliphatic heterocycles. The Morgan fingerprint density at radius 2 is 1.73 bits per heavy atom. The average molecular weight is 513 g/mol. The van der Waals surface area contributed by atoms with Gasteiger partial charge >= 0.3 is 6.01 Å². The molecule has 0 saturated heterocycles. The molecule has 0 radical (unpaired) electrons. The maximum absolute atomic E-state index is 14.1. The lowest BCUT2D eigenvalue weighted by atomic mass is 9.80. The van der Waals surface area contributed by atoms with Crippen molar-refractivity contribution in [3.05, 3.63) is 106 Å². The predicted octanol–water partition coefficient (Wildman–Crippen LogP) is 7.27. The van der Waals surface area contributed by atoms with Crippen molar-refractivity contribution in [3.63, 3.8) is 0 Å². The molecule has 5 rings (SSSR count). The summed E-state index contributed by atoms with van der Waals surface area (Å²) in [6.07, 6.45) is 0.614. The van der Waals surface area contributed by atoms with Gasteiger partial charge in [-0.3, -0.25) is 10.1 Å². The molecule has 188 valence electrons. The Bertz CT molecular complexity index is 1460. The Kier molecular flexibility index (Phi) is 7.10. The number of ketones is 1. The number of aromatic nitrogens is 1. The molecule has 0 aliphatic carbocycles. The summed E-state index contributed by atoms with van der Waals surface area (Å²) < 4.78 is 5.85. The van der Waals surface area contributed by atoms with Crippen LogP contribution in [0.3, 0.4) is 0 Å². The number of carbonyl (C=O) groups is 1. The molecule has 0 fully saturated rings. The van der Waals surface area contributed by atoms with Gasteiger partial charge in [-0.1, -0.05) is 93.0 Å². The van der Waals surface area contributed by atoms with Crippen LogP contribution in [0.2, 0.25) is 5.02 Å². The minimum Gasteiger partial charge on any atom is -0.423 e. The summed E-state index contributed by atoms with van der Waals surface area (Å²) in [5.41, 5.74) is 4.76. The van der Waals surface area contributed by atoms with Gasteiger partial charge < -0.3 is 9.73 Å². The van der Waals surface area contributed by atoms with Crippen LogP contribution in [0.15, 0.2) is 99.5 Å². The van der Waals surface area contributed by atoms with Gasteiger partial charge in [0.2, 0.25) is 5.96 Å². The number of benzene rings is 3. The third kappa shape index (κ3) is 5.02. The van der Waals surface area contributed by atoms with Gasteiger partial charge in [-0.15, -0.1) is 0 Å². The highest BCUT2D eigenvalue weighted by atomic mass is 35.5. The molecule has 1 aromatic heterocycles. The number of hydrogen-bond donors (Lipinski definition) is 2. The third-order valence-corrected chi connectivity index (χ3v) is 7.30. The number of nitrogens with one attached hydrogen (secondary N) is 2. The monoisotopic (exact) mass is 512 g/mol. The minimum atomic E-state index is -0.574. The van der Waals surface area contributed by atoms with E-state index in [9.17, 15) is 4.79 Å². The van der Waals surface area contributed by atoms with Gasteiger partial charge in [-0.25, -0.2) is 4.99 Å². The topological polar surface area (TPSA) is 79.5 Å². The number of halogens is 1. The van der Waals surface area contributed by atoms with Crippen LogP contribution in [0.5, 0.6) is 0 Å². The Hall–Kier alpha value is -3.90. The van der Waals surface area contributed by atoms with E-state index in [2.05, 4.69) is 34.7 Å². The highest BCUT2D eigenvalue weighted by molar-refractivity contribution is 6.31. The van der Waals surface area contributed by atoms with E-state index in [1.54, 1.807) is 0 Å². The Labute approximate surface area is 221 Å². The van der Waals surface area contributed by atoms with Crippen LogP contribution >= 0.6 is 11.6 Å². The zero-order valence-corrected chi connectivity index (χ0v) is 21.8. The molecule has 3 aromatic carbocycles. The van der Waals surface area contributed by atoms with Gasteiger partial charge in [0.1, 0.15) is 11.6 Å². The quantitative estimate of drug-likeness (QED) is 0.272. The van der Waals surface area contributed by atoms with Crippen molar-refractivity contribution < 1.29 is 9.21 Å². The number of para-hydroxylation sites is 2. The largest absolute Gasteiger partial charge is 0.423 e. The molecule has 0 amide bonds. The number of fused-ring (bicyclic) bond motifs is 1. The highest BCUT2D eigenvalue weighted by Gasteiger charge is 2.35. The number of anilines is 1. The number of nitrogens with zero attached hydrogens (tertiary/aromatic N) is 2. The van der Waals surface area contributed by atoms with E-state index in [4.69, 9.17) is 21.0 Å². The fourth-order valence-corrected chi connectivity index (χ4v) is 4.93. The molecule has 2 N–H and O–H groups in total. The van der Waals surface area contributed by atoms with Crippen molar-refractivity contribution in [2.45, 2.75) is 39.2 Å². The van der Waals surface area contributed by atoms with Gasteiger partial charge in [0.25, 0.3) is 0 Å². The normalized spacial score (nSPS) is 17.2. The van der Waals surface area contributed by atoms with E-state index in [1.807, 2.05) is 80.6 Å². The van der Waals surface area contributed by atoms with Crippen LogP contribution in [0.1, 0.15) is 50.3 Å². The number of guanidine groups is 1. The lowest BCUT2D eigenvalue weighted by Gasteiger charge is -2.30. The number of rotatable bonds is 7. The van der Waals surface area contributed by atoms with E-state index >= 15 is 0 Å². The predicted molar refractivity (Wildman–Crippen MR) is 149 cm³/mol. The molecule has 2 heterocycles. The van der Waals surface area contributed by atoms with Crippen molar-refractivity contribution >= 4 is 40.5 Å². The summed E-state index contributed by atoms with van der Waals surface area (Å²) in [4.78, 5) is 23.5. The van der Waals surface area contributed by atoms with Gasteiger partial charge in [-0.05, 0) is 41.7 Å². The standard InChI is InChI=1S/C30H29ClN4O2/c1-4-23-26(28(36)19(3)18(2)20-12-6-5-7-13-20)27(21-14-8-9-15-22(21)31)34-29(32-23)35-30-33-24-16-10-11-17-25(24)37-30/h5-19,27H,4H2,1-3H3,(H2,32,33,34,35). The number of allylic oxidation sites excluding steroid dienone is 1. The Morgan fingerprint density at radius 3 is 2.46 bits per heavy atom. The van der Waals surface area contributed by atoms with E-state index in [-0.39, 0.29) is 17.6 Å². The first-order valence-electron chi connectivity index (χ1n) is 12.5. The van der Waals surface area contributed by atoms with E-state index in [0.717, 1.165) is 22.3 Å². The van der Waals surface area contributed by atoms with Crippen LogP contribution in [-0.2, 0) is 4.79 Å². The van der Waals surface area contributed by atoms with Crippen LogP contribution in [0.4, 0.5) is 6.01 Å². The summed E-state index contributed by atoms with van der Waals surface area (Å²) in [6, 6.07) is 25.0. The van der Waals surface area contributed by atoms with Crippen LogP contribution in [0.25, 0.3) is 11.1 Å². The lowest BCUT2D eigenvalue weighted by Crippen LogP contribution is -2.38. The van der Waals surface area contributed by atoms with Gasteiger partial charge in [0.05, 0.1) is 0 Å². The van der Waals surface area contributed by atoms with Gasteiger partial charge in [0.15, 0.2) is 11.4 Å². The SMILES string of the molecule is CCC1=C(C(=O)C(C)C(C)c2ccccc2)C(c2ccccc2Cl)N=C(Nc2nc3ccccc3o2)N1. The molecule has 1 aliphatic rings. The summed E-state index contributed by atoms with van der Waals surface area (Å²) in [6.45, 7) is 6.10.